The molecule has 0 saturated heterocycles. The van der Waals surface area contributed by atoms with E-state index < -0.39 is 7.12 Å². The molecule has 0 aromatic heterocycles. The highest BCUT2D eigenvalue weighted by Gasteiger charge is 2.16. The maximum absolute atomic E-state index is 9.26. The molecule has 0 atom stereocenters. The van der Waals surface area contributed by atoms with Gasteiger partial charge >= 0.3 is 7.12 Å². The fourth-order valence-corrected chi connectivity index (χ4v) is 1.50. The van der Waals surface area contributed by atoms with E-state index in [0.717, 1.165) is 11.1 Å². The average Bonchev–Trinajstić information content (AvgIpc) is 2.29. The standard InChI is InChI=1S/C13H15BO2/c1-3-8-12(13(4-2)14(15)16)11-9-6-5-7-10-11/h3-10,15-16H,2H2,1H3/b8-3-,13-12-. The Morgan fingerprint density at radius 1 is 1.25 bits per heavy atom. The Morgan fingerprint density at radius 2 is 1.88 bits per heavy atom. The van der Waals surface area contributed by atoms with Crippen LogP contribution in [0.15, 0.2) is 60.6 Å². The summed E-state index contributed by atoms with van der Waals surface area (Å²) in [4.78, 5) is 0. The van der Waals surface area contributed by atoms with E-state index in [1.54, 1.807) is 0 Å². The predicted octanol–water partition coefficient (Wildman–Crippen LogP) is 2.21. The van der Waals surface area contributed by atoms with E-state index in [1.807, 2.05) is 49.4 Å². The minimum atomic E-state index is -1.51. The molecule has 16 heavy (non-hydrogen) atoms. The Labute approximate surface area is 96.4 Å². The third kappa shape index (κ3) is 2.96. The van der Waals surface area contributed by atoms with Crippen molar-refractivity contribution in [3.63, 3.8) is 0 Å². The van der Waals surface area contributed by atoms with E-state index in [0.29, 0.717) is 5.47 Å². The number of allylic oxidation sites excluding steroid dienone is 5. The highest BCUT2D eigenvalue weighted by atomic mass is 16.4. The van der Waals surface area contributed by atoms with Crippen molar-refractivity contribution in [1.82, 2.24) is 0 Å². The summed E-state index contributed by atoms with van der Waals surface area (Å²) in [5.41, 5.74) is 2.11. The lowest BCUT2D eigenvalue weighted by Crippen LogP contribution is -2.15. The molecule has 0 aliphatic heterocycles. The first-order chi connectivity index (χ1) is 7.70. The molecule has 0 heterocycles. The second-order valence-corrected chi connectivity index (χ2v) is 3.31. The molecular formula is C13H15BO2. The molecule has 0 bridgehead atoms. The first-order valence-corrected chi connectivity index (χ1v) is 5.11. The molecular weight excluding hydrogens is 199 g/mol. The quantitative estimate of drug-likeness (QED) is 0.595. The van der Waals surface area contributed by atoms with Gasteiger partial charge in [-0.3, -0.25) is 0 Å². The van der Waals surface area contributed by atoms with Gasteiger partial charge < -0.3 is 10.0 Å². The minimum Gasteiger partial charge on any atom is -0.423 e. The van der Waals surface area contributed by atoms with E-state index in [4.69, 9.17) is 0 Å². The van der Waals surface area contributed by atoms with Crippen LogP contribution in [0.5, 0.6) is 0 Å². The van der Waals surface area contributed by atoms with E-state index in [1.165, 1.54) is 6.08 Å². The van der Waals surface area contributed by atoms with E-state index >= 15 is 0 Å². The molecule has 0 radical (unpaired) electrons. The molecule has 0 amide bonds. The van der Waals surface area contributed by atoms with Gasteiger partial charge in [-0.15, -0.1) is 0 Å². The fraction of sp³-hybridized carbons (Fsp3) is 0.0769. The first kappa shape index (κ1) is 12.5. The molecule has 0 aliphatic carbocycles. The zero-order valence-corrected chi connectivity index (χ0v) is 9.30. The Hall–Kier alpha value is -1.58. The van der Waals surface area contributed by atoms with Crippen LogP contribution in [0.2, 0.25) is 0 Å². The van der Waals surface area contributed by atoms with Crippen molar-refractivity contribution in [1.29, 1.82) is 0 Å². The molecule has 1 aromatic rings. The Morgan fingerprint density at radius 3 is 2.31 bits per heavy atom. The van der Waals surface area contributed by atoms with Crippen LogP contribution in [0.1, 0.15) is 12.5 Å². The second-order valence-electron chi connectivity index (χ2n) is 3.31. The van der Waals surface area contributed by atoms with Gasteiger partial charge in [0.2, 0.25) is 0 Å². The highest BCUT2D eigenvalue weighted by Crippen LogP contribution is 2.21. The molecule has 3 heteroatoms. The SMILES string of the molecule is C=C/C(B(O)O)=C(\C=C/C)c1ccccc1. The van der Waals surface area contributed by atoms with Gasteiger partial charge in [0.05, 0.1) is 0 Å². The number of benzene rings is 1. The van der Waals surface area contributed by atoms with Crippen molar-refractivity contribution in [2.24, 2.45) is 0 Å². The maximum atomic E-state index is 9.26. The number of hydrogen-bond donors (Lipinski definition) is 2. The van der Waals surface area contributed by atoms with Crippen molar-refractivity contribution in [3.8, 4) is 0 Å². The summed E-state index contributed by atoms with van der Waals surface area (Å²) in [5.74, 6) is 0. The van der Waals surface area contributed by atoms with Crippen molar-refractivity contribution in [3.05, 3.63) is 66.2 Å². The van der Waals surface area contributed by atoms with Crippen LogP contribution in [0.25, 0.3) is 5.57 Å². The third-order valence-corrected chi connectivity index (χ3v) is 2.23. The normalized spacial score (nSPS) is 12.4. The largest absolute Gasteiger partial charge is 0.489 e. The van der Waals surface area contributed by atoms with Gasteiger partial charge in [-0.2, -0.15) is 0 Å². The van der Waals surface area contributed by atoms with E-state index in [-0.39, 0.29) is 0 Å². The summed E-state index contributed by atoms with van der Waals surface area (Å²) in [5, 5.41) is 18.5. The molecule has 0 aliphatic rings. The second kappa shape index (κ2) is 6.11. The first-order valence-electron chi connectivity index (χ1n) is 5.11. The van der Waals surface area contributed by atoms with Crippen LogP contribution in [0.3, 0.4) is 0 Å². The summed E-state index contributed by atoms with van der Waals surface area (Å²) < 4.78 is 0. The third-order valence-electron chi connectivity index (χ3n) is 2.23. The molecule has 2 nitrogen and oxygen atoms in total. The summed E-state index contributed by atoms with van der Waals surface area (Å²) in [7, 11) is -1.51. The van der Waals surface area contributed by atoms with E-state index in [9.17, 15) is 10.0 Å². The lowest BCUT2D eigenvalue weighted by Gasteiger charge is -2.08. The van der Waals surface area contributed by atoms with Crippen molar-refractivity contribution >= 4 is 12.7 Å². The van der Waals surface area contributed by atoms with Gasteiger partial charge in [-0.1, -0.05) is 55.1 Å². The lowest BCUT2D eigenvalue weighted by molar-refractivity contribution is 0.421. The Balaban J connectivity index is 3.33. The predicted molar refractivity (Wildman–Crippen MR) is 68.6 cm³/mol. The Bertz CT molecular complexity index is 405. The lowest BCUT2D eigenvalue weighted by atomic mass is 9.74. The summed E-state index contributed by atoms with van der Waals surface area (Å²) >= 11 is 0. The van der Waals surface area contributed by atoms with Crippen LogP contribution in [0.4, 0.5) is 0 Å². The van der Waals surface area contributed by atoms with Gasteiger partial charge in [0.1, 0.15) is 0 Å². The van der Waals surface area contributed by atoms with Gasteiger partial charge in [-0.05, 0) is 23.5 Å². The van der Waals surface area contributed by atoms with Crippen LogP contribution in [-0.4, -0.2) is 17.2 Å². The van der Waals surface area contributed by atoms with Crippen LogP contribution in [-0.2, 0) is 0 Å². The molecule has 0 spiro atoms. The average molecular weight is 214 g/mol. The zero-order valence-electron chi connectivity index (χ0n) is 9.30. The van der Waals surface area contributed by atoms with Gasteiger partial charge in [0.25, 0.3) is 0 Å². The Kier molecular flexibility index (Phi) is 4.77. The maximum Gasteiger partial charge on any atom is 0.489 e. The summed E-state index contributed by atoms with van der Waals surface area (Å²) in [6, 6.07) is 9.56. The van der Waals surface area contributed by atoms with E-state index in [2.05, 4.69) is 6.58 Å². The molecule has 0 unspecified atom stereocenters. The number of hydrogen-bond acceptors (Lipinski definition) is 2. The fourth-order valence-electron chi connectivity index (χ4n) is 1.50. The van der Waals surface area contributed by atoms with Gasteiger partial charge in [0, 0.05) is 0 Å². The molecule has 1 rings (SSSR count). The van der Waals surface area contributed by atoms with Crippen LogP contribution >= 0.6 is 0 Å². The molecule has 0 saturated carbocycles. The van der Waals surface area contributed by atoms with Gasteiger partial charge in [-0.25, -0.2) is 0 Å². The minimum absolute atomic E-state index is 0.407. The van der Waals surface area contributed by atoms with Crippen molar-refractivity contribution < 1.29 is 10.0 Å². The van der Waals surface area contributed by atoms with Crippen molar-refractivity contribution in [2.75, 3.05) is 0 Å². The summed E-state index contributed by atoms with van der Waals surface area (Å²) in [6.45, 7) is 5.48. The number of rotatable bonds is 4. The molecule has 1 aromatic carbocycles. The topological polar surface area (TPSA) is 40.5 Å². The monoisotopic (exact) mass is 214 g/mol. The zero-order chi connectivity index (χ0) is 12.0. The summed E-state index contributed by atoms with van der Waals surface area (Å²) in [6.07, 6.45) is 5.16. The van der Waals surface area contributed by atoms with Crippen molar-refractivity contribution in [2.45, 2.75) is 6.92 Å². The smallest absolute Gasteiger partial charge is 0.423 e. The molecule has 2 N–H and O–H groups in total. The van der Waals surface area contributed by atoms with Crippen LogP contribution < -0.4 is 0 Å². The van der Waals surface area contributed by atoms with Gasteiger partial charge in [0.15, 0.2) is 0 Å². The molecule has 82 valence electrons. The molecule has 0 fully saturated rings. The highest BCUT2D eigenvalue weighted by molar-refractivity contribution is 6.53. The van der Waals surface area contributed by atoms with Crippen LogP contribution in [0, 0.1) is 0 Å².